The molecule has 0 radical (unpaired) electrons. The quantitative estimate of drug-likeness (QED) is 0.671. The third-order valence-corrected chi connectivity index (χ3v) is 4.65. The summed E-state index contributed by atoms with van der Waals surface area (Å²) in [6.07, 6.45) is 4.08. The Morgan fingerprint density at radius 3 is 3.00 bits per heavy atom. The van der Waals surface area contributed by atoms with Crippen molar-refractivity contribution in [3.63, 3.8) is 0 Å². The van der Waals surface area contributed by atoms with Gasteiger partial charge in [-0.15, -0.1) is 0 Å². The third-order valence-electron chi connectivity index (χ3n) is 4.65. The molecule has 142 valence electrons. The summed E-state index contributed by atoms with van der Waals surface area (Å²) in [4.78, 5) is 34.5. The minimum absolute atomic E-state index is 0.100. The van der Waals surface area contributed by atoms with Crippen molar-refractivity contribution in [2.75, 3.05) is 13.1 Å². The van der Waals surface area contributed by atoms with Crippen molar-refractivity contribution in [1.29, 1.82) is 5.26 Å². The van der Waals surface area contributed by atoms with Crippen LogP contribution in [0, 0.1) is 11.3 Å². The van der Waals surface area contributed by atoms with Crippen molar-refractivity contribution in [2.45, 2.75) is 25.5 Å². The predicted octanol–water partition coefficient (Wildman–Crippen LogP) is 1.33. The van der Waals surface area contributed by atoms with E-state index in [0.717, 1.165) is 12.8 Å². The number of amides is 1. The van der Waals surface area contributed by atoms with Crippen molar-refractivity contribution < 1.29 is 13.9 Å². The lowest BCUT2D eigenvalue weighted by Crippen LogP contribution is -2.46. The molecule has 3 heterocycles. The Morgan fingerprint density at radius 1 is 1.32 bits per heavy atom. The van der Waals surface area contributed by atoms with Crippen LogP contribution in [0.15, 0.2) is 45.9 Å². The standard InChI is InChI=1S/C19H17N5O4/c20-10-14-18(22-8-7-21-14)27-13-4-3-9-23(11-13)17(25)12-24-15-5-1-2-6-16(15)28-19(24)26/h1-2,5-8,13H,3-4,9,11-12H2. The van der Waals surface area contributed by atoms with E-state index in [2.05, 4.69) is 9.97 Å². The molecule has 1 fully saturated rings. The summed E-state index contributed by atoms with van der Waals surface area (Å²) in [6, 6.07) is 8.94. The van der Waals surface area contributed by atoms with E-state index in [1.165, 1.54) is 17.0 Å². The number of fused-ring (bicyclic) bond motifs is 1. The van der Waals surface area contributed by atoms with E-state index in [-0.39, 0.29) is 30.1 Å². The van der Waals surface area contributed by atoms with Gasteiger partial charge in [-0.2, -0.15) is 5.26 Å². The van der Waals surface area contributed by atoms with E-state index in [1.54, 1.807) is 29.2 Å². The molecule has 1 amide bonds. The van der Waals surface area contributed by atoms with Gasteiger partial charge >= 0.3 is 5.76 Å². The number of aromatic nitrogens is 3. The topological polar surface area (TPSA) is 114 Å². The fraction of sp³-hybridized carbons (Fsp3) is 0.316. The Bertz CT molecular complexity index is 1110. The Labute approximate surface area is 159 Å². The van der Waals surface area contributed by atoms with Crippen molar-refractivity contribution in [3.05, 3.63) is 52.9 Å². The first kappa shape index (κ1) is 17.7. The fourth-order valence-electron chi connectivity index (χ4n) is 3.31. The number of likely N-dealkylation sites (tertiary alicyclic amines) is 1. The van der Waals surface area contributed by atoms with Crippen molar-refractivity contribution in [2.24, 2.45) is 0 Å². The molecule has 9 heteroatoms. The number of ether oxygens (including phenoxy) is 1. The van der Waals surface area contributed by atoms with Crippen molar-refractivity contribution in [3.8, 4) is 11.9 Å². The van der Waals surface area contributed by atoms with E-state index in [0.29, 0.717) is 24.2 Å². The summed E-state index contributed by atoms with van der Waals surface area (Å²) in [7, 11) is 0. The highest BCUT2D eigenvalue weighted by atomic mass is 16.5. The fourth-order valence-corrected chi connectivity index (χ4v) is 3.31. The summed E-state index contributed by atoms with van der Waals surface area (Å²) in [5.74, 6) is -0.583. The van der Waals surface area contributed by atoms with Gasteiger partial charge in [0.15, 0.2) is 5.58 Å². The van der Waals surface area contributed by atoms with Gasteiger partial charge in [-0.05, 0) is 25.0 Å². The zero-order valence-corrected chi connectivity index (χ0v) is 14.9. The van der Waals surface area contributed by atoms with Crippen molar-refractivity contribution in [1.82, 2.24) is 19.4 Å². The molecule has 2 aromatic heterocycles. The summed E-state index contributed by atoms with van der Waals surface area (Å²) in [5, 5.41) is 9.11. The largest absolute Gasteiger partial charge is 0.470 e. The molecule has 4 rings (SSSR count). The van der Waals surface area contributed by atoms with Crippen LogP contribution in [0.3, 0.4) is 0 Å². The molecule has 3 aromatic rings. The SMILES string of the molecule is N#Cc1nccnc1OC1CCCN(C(=O)Cn2c(=O)oc3ccccc32)C1. The van der Waals surface area contributed by atoms with Crippen LogP contribution in [0.5, 0.6) is 5.88 Å². The van der Waals surface area contributed by atoms with Gasteiger partial charge in [0, 0.05) is 18.9 Å². The van der Waals surface area contributed by atoms with Crippen LogP contribution in [0.2, 0.25) is 0 Å². The van der Waals surface area contributed by atoms with E-state index in [4.69, 9.17) is 14.4 Å². The number of hydrogen-bond acceptors (Lipinski definition) is 7. The summed E-state index contributed by atoms with van der Waals surface area (Å²) < 4.78 is 12.3. The van der Waals surface area contributed by atoms with E-state index < -0.39 is 5.76 Å². The zero-order chi connectivity index (χ0) is 19.5. The van der Waals surface area contributed by atoms with Crippen LogP contribution in [-0.2, 0) is 11.3 Å². The first-order valence-electron chi connectivity index (χ1n) is 8.89. The van der Waals surface area contributed by atoms with E-state index in [9.17, 15) is 9.59 Å². The molecule has 28 heavy (non-hydrogen) atoms. The number of para-hydroxylation sites is 2. The van der Waals surface area contributed by atoms with E-state index in [1.807, 2.05) is 6.07 Å². The van der Waals surface area contributed by atoms with Gasteiger partial charge in [-0.3, -0.25) is 9.36 Å². The lowest BCUT2D eigenvalue weighted by molar-refractivity contribution is -0.134. The lowest BCUT2D eigenvalue weighted by atomic mass is 10.1. The summed E-state index contributed by atoms with van der Waals surface area (Å²) >= 11 is 0. The molecule has 1 saturated heterocycles. The molecular weight excluding hydrogens is 362 g/mol. The molecular formula is C19H17N5O4. The maximum atomic E-state index is 12.8. The number of oxazole rings is 1. The van der Waals surface area contributed by atoms with Crippen molar-refractivity contribution >= 4 is 17.0 Å². The van der Waals surface area contributed by atoms with Gasteiger partial charge in [0.25, 0.3) is 5.88 Å². The first-order chi connectivity index (χ1) is 13.7. The number of carbonyl (C=O) groups excluding carboxylic acids is 1. The average molecular weight is 379 g/mol. The molecule has 1 aromatic carbocycles. The molecule has 0 N–H and O–H groups in total. The third kappa shape index (κ3) is 3.44. The lowest BCUT2D eigenvalue weighted by Gasteiger charge is -2.32. The van der Waals surface area contributed by atoms with Crippen LogP contribution in [0.1, 0.15) is 18.5 Å². The first-order valence-corrected chi connectivity index (χ1v) is 8.89. The second-order valence-corrected chi connectivity index (χ2v) is 6.47. The molecule has 1 aliphatic rings. The minimum atomic E-state index is -0.558. The second-order valence-electron chi connectivity index (χ2n) is 6.47. The zero-order valence-electron chi connectivity index (χ0n) is 14.9. The molecule has 1 atom stereocenters. The number of benzene rings is 1. The Balaban J connectivity index is 1.47. The van der Waals surface area contributed by atoms with Gasteiger partial charge in [-0.25, -0.2) is 14.8 Å². The van der Waals surface area contributed by atoms with Crippen LogP contribution in [0.4, 0.5) is 0 Å². The van der Waals surface area contributed by atoms with Crippen LogP contribution < -0.4 is 10.5 Å². The molecule has 0 spiro atoms. The van der Waals surface area contributed by atoms with E-state index >= 15 is 0 Å². The van der Waals surface area contributed by atoms with Gasteiger partial charge in [-0.1, -0.05) is 12.1 Å². The highest BCUT2D eigenvalue weighted by Crippen LogP contribution is 2.19. The predicted molar refractivity (Wildman–Crippen MR) is 97.5 cm³/mol. The van der Waals surface area contributed by atoms with Gasteiger partial charge in [0.2, 0.25) is 11.6 Å². The highest BCUT2D eigenvalue weighted by Gasteiger charge is 2.27. The molecule has 0 saturated carbocycles. The Hall–Kier alpha value is -3.67. The molecule has 1 aliphatic heterocycles. The van der Waals surface area contributed by atoms with Crippen LogP contribution >= 0.6 is 0 Å². The number of carbonyl (C=O) groups is 1. The normalized spacial score (nSPS) is 16.7. The number of nitriles is 1. The van der Waals surface area contributed by atoms with Gasteiger partial charge in [0.1, 0.15) is 18.7 Å². The number of piperidine rings is 1. The Kier molecular flexibility index (Phi) is 4.76. The molecule has 9 nitrogen and oxygen atoms in total. The number of nitrogens with zero attached hydrogens (tertiary/aromatic N) is 5. The van der Waals surface area contributed by atoms with Crippen LogP contribution in [0.25, 0.3) is 11.1 Å². The van der Waals surface area contributed by atoms with Crippen LogP contribution in [-0.4, -0.2) is 44.5 Å². The number of rotatable bonds is 4. The summed E-state index contributed by atoms with van der Waals surface area (Å²) in [6.45, 7) is 0.830. The minimum Gasteiger partial charge on any atom is -0.470 e. The Morgan fingerprint density at radius 2 is 2.14 bits per heavy atom. The molecule has 0 aliphatic carbocycles. The van der Waals surface area contributed by atoms with Gasteiger partial charge < -0.3 is 14.1 Å². The monoisotopic (exact) mass is 379 g/mol. The molecule has 0 bridgehead atoms. The maximum Gasteiger partial charge on any atom is 0.420 e. The highest BCUT2D eigenvalue weighted by molar-refractivity contribution is 5.79. The number of hydrogen-bond donors (Lipinski definition) is 0. The van der Waals surface area contributed by atoms with Gasteiger partial charge in [0.05, 0.1) is 12.1 Å². The average Bonchev–Trinajstić information content (AvgIpc) is 3.04. The molecule has 1 unspecified atom stereocenters. The maximum absolute atomic E-state index is 12.8. The second kappa shape index (κ2) is 7.52. The summed E-state index contributed by atoms with van der Waals surface area (Å²) in [5.41, 5.74) is 1.15. The smallest absolute Gasteiger partial charge is 0.420 e.